The van der Waals surface area contributed by atoms with E-state index in [4.69, 9.17) is 5.73 Å². The van der Waals surface area contributed by atoms with Crippen molar-refractivity contribution in [2.45, 2.75) is 24.9 Å². The highest BCUT2D eigenvalue weighted by Gasteiger charge is 2.54. The molecular weight excluding hydrogens is 490 g/mol. The normalized spacial score (nSPS) is 27.3. The third-order valence-corrected chi connectivity index (χ3v) is 9.02. The molecule has 9 heteroatoms. The molecule has 2 aromatic heterocycles. The minimum absolute atomic E-state index is 0.177. The second-order valence-electron chi connectivity index (χ2n) is 11.3. The predicted molar refractivity (Wildman–Crippen MR) is 150 cm³/mol. The van der Waals surface area contributed by atoms with E-state index in [0.717, 1.165) is 56.9 Å². The molecule has 200 valence electrons. The van der Waals surface area contributed by atoms with E-state index in [2.05, 4.69) is 53.9 Å². The standard InChI is InChI=1S/C30H33N7O2/c31-30-28(13-27(33-34-30)23-5-1-2-6-29(23)39)36-14-21-7-8-22(15-36)37(21)20-9-10-32-19(12-20)4-3-11-35-16-24-25(17-35)26(24)18-38/h1-2,5-6,9-10,12-13,21-22,24-26,38-39H,7-8,11,14-18H2,(H2,31,34)/t21?,22?,24-,25+,26?. The van der Waals surface area contributed by atoms with Crippen LogP contribution in [-0.2, 0) is 0 Å². The van der Waals surface area contributed by atoms with Crippen LogP contribution in [0.1, 0.15) is 18.5 Å². The number of hydrogen-bond acceptors (Lipinski definition) is 9. The maximum absolute atomic E-state index is 10.3. The molecule has 3 aliphatic heterocycles. The van der Waals surface area contributed by atoms with Gasteiger partial charge in [-0.05, 0) is 66.8 Å². The van der Waals surface area contributed by atoms with Crippen molar-refractivity contribution in [3.8, 4) is 28.8 Å². The molecule has 1 saturated carbocycles. The van der Waals surface area contributed by atoms with Gasteiger partial charge in [0.1, 0.15) is 11.4 Å². The Morgan fingerprint density at radius 2 is 1.74 bits per heavy atom. The van der Waals surface area contributed by atoms with Gasteiger partial charge in [0.2, 0.25) is 0 Å². The van der Waals surface area contributed by atoms with Crippen molar-refractivity contribution < 1.29 is 10.2 Å². The molecule has 5 atom stereocenters. The van der Waals surface area contributed by atoms with E-state index in [9.17, 15) is 10.2 Å². The Balaban J connectivity index is 1.05. The zero-order valence-corrected chi connectivity index (χ0v) is 21.8. The SMILES string of the molecule is Nc1nnc(-c2ccccc2O)cc1N1CC2CCC(C1)N2c1ccnc(C#CCN2C[C@@H]3C(CO)[C@@H]3C2)c1. The molecule has 1 aliphatic carbocycles. The zero-order chi connectivity index (χ0) is 26.5. The van der Waals surface area contributed by atoms with E-state index >= 15 is 0 Å². The van der Waals surface area contributed by atoms with Crippen LogP contribution in [0.25, 0.3) is 11.3 Å². The Hall–Kier alpha value is -3.87. The third-order valence-electron chi connectivity index (χ3n) is 9.02. The van der Waals surface area contributed by atoms with Crippen LogP contribution in [0.3, 0.4) is 0 Å². The van der Waals surface area contributed by atoms with Gasteiger partial charge in [0.15, 0.2) is 5.82 Å². The van der Waals surface area contributed by atoms with Crippen molar-refractivity contribution in [3.63, 3.8) is 0 Å². The number of nitrogens with zero attached hydrogens (tertiary/aromatic N) is 6. The highest BCUT2D eigenvalue weighted by atomic mass is 16.3. The molecule has 9 nitrogen and oxygen atoms in total. The fraction of sp³-hybridized carbons (Fsp3) is 0.433. The maximum atomic E-state index is 10.3. The number of likely N-dealkylation sites (tertiary alicyclic amines) is 1. The van der Waals surface area contributed by atoms with Gasteiger partial charge in [0.05, 0.1) is 17.9 Å². The number of aliphatic hydroxyl groups excluding tert-OH is 1. The monoisotopic (exact) mass is 523 g/mol. The number of pyridine rings is 1. The van der Waals surface area contributed by atoms with Gasteiger partial charge < -0.3 is 25.7 Å². The van der Waals surface area contributed by atoms with Crippen LogP contribution in [-0.4, -0.2) is 81.7 Å². The lowest BCUT2D eigenvalue weighted by atomic mass is 10.1. The summed E-state index contributed by atoms with van der Waals surface area (Å²) < 4.78 is 0. The molecule has 1 aromatic carbocycles. The summed E-state index contributed by atoms with van der Waals surface area (Å²) in [7, 11) is 0. The molecule has 3 saturated heterocycles. The highest BCUT2D eigenvalue weighted by molar-refractivity contribution is 5.74. The number of piperidine rings is 1. The Labute approximate surface area is 228 Å². The van der Waals surface area contributed by atoms with Gasteiger partial charge in [-0.15, -0.1) is 10.2 Å². The smallest absolute Gasteiger partial charge is 0.169 e. The van der Waals surface area contributed by atoms with E-state index < -0.39 is 0 Å². The lowest BCUT2D eigenvalue weighted by Gasteiger charge is -2.43. The van der Waals surface area contributed by atoms with Crippen LogP contribution in [0, 0.1) is 29.6 Å². The van der Waals surface area contributed by atoms with Gasteiger partial charge in [-0.25, -0.2) is 4.98 Å². The summed E-state index contributed by atoms with van der Waals surface area (Å²) in [4.78, 5) is 11.8. The lowest BCUT2D eigenvalue weighted by molar-refractivity contribution is 0.230. The molecule has 4 N–H and O–H groups in total. The van der Waals surface area contributed by atoms with E-state index in [0.29, 0.717) is 53.5 Å². The van der Waals surface area contributed by atoms with Crippen LogP contribution in [0.5, 0.6) is 5.75 Å². The van der Waals surface area contributed by atoms with E-state index in [1.165, 1.54) is 5.69 Å². The number of piperazine rings is 1. The first-order chi connectivity index (χ1) is 19.1. The van der Waals surface area contributed by atoms with Gasteiger partial charge in [0.25, 0.3) is 0 Å². The number of fused-ring (bicyclic) bond motifs is 3. The van der Waals surface area contributed by atoms with E-state index in [1.54, 1.807) is 12.1 Å². The quantitative estimate of drug-likeness (QED) is 0.433. The number of phenols is 1. The second kappa shape index (κ2) is 9.70. The summed E-state index contributed by atoms with van der Waals surface area (Å²) in [6, 6.07) is 14.0. The number of benzene rings is 1. The molecule has 2 bridgehead atoms. The van der Waals surface area contributed by atoms with Crippen LogP contribution < -0.4 is 15.5 Å². The Morgan fingerprint density at radius 1 is 0.974 bits per heavy atom. The lowest BCUT2D eigenvalue weighted by Crippen LogP contribution is -2.54. The summed E-state index contributed by atoms with van der Waals surface area (Å²) in [6.07, 6.45) is 4.09. The highest BCUT2D eigenvalue weighted by Crippen LogP contribution is 2.51. The average molecular weight is 524 g/mol. The van der Waals surface area contributed by atoms with Crippen LogP contribution >= 0.6 is 0 Å². The number of anilines is 3. The average Bonchev–Trinajstić information content (AvgIpc) is 3.29. The number of nitrogen functional groups attached to an aromatic ring is 1. The molecule has 3 unspecified atom stereocenters. The maximum Gasteiger partial charge on any atom is 0.169 e. The number of phenolic OH excluding ortho intramolecular Hbond substituents is 1. The summed E-state index contributed by atoms with van der Waals surface area (Å²) in [5, 5.41) is 28.1. The molecule has 7 rings (SSSR count). The second-order valence-corrected chi connectivity index (χ2v) is 11.3. The largest absolute Gasteiger partial charge is 0.507 e. The number of aromatic nitrogens is 3. The van der Waals surface area contributed by atoms with Gasteiger partial charge in [0, 0.05) is 62.3 Å². The summed E-state index contributed by atoms with van der Waals surface area (Å²) in [6.45, 7) is 4.86. The van der Waals surface area contributed by atoms with E-state index in [-0.39, 0.29) is 5.75 Å². The molecule has 0 amide bonds. The molecule has 0 spiro atoms. The minimum Gasteiger partial charge on any atom is -0.507 e. The Morgan fingerprint density at radius 3 is 2.49 bits per heavy atom. The fourth-order valence-corrected chi connectivity index (χ4v) is 7.01. The van der Waals surface area contributed by atoms with Gasteiger partial charge >= 0.3 is 0 Å². The number of hydrogen-bond donors (Lipinski definition) is 3. The molecular formula is C30H33N7O2. The molecule has 0 radical (unpaired) electrons. The number of rotatable bonds is 5. The van der Waals surface area contributed by atoms with Gasteiger partial charge in [-0.2, -0.15) is 0 Å². The first kappa shape index (κ1) is 24.2. The van der Waals surface area contributed by atoms with Crippen molar-refractivity contribution in [2.75, 3.05) is 54.9 Å². The van der Waals surface area contributed by atoms with Crippen molar-refractivity contribution in [2.24, 2.45) is 17.8 Å². The Kier molecular flexibility index (Phi) is 6.02. The topological polar surface area (TPSA) is 115 Å². The van der Waals surface area contributed by atoms with Gasteiger partial charge in [-0.3, -0.25) is 4.90 Å². The van der Waals surface area contributed by atoms with Crippen molar-refractivity contribution in [1.29, 1.82) is 0 Å². The van der Waals surface area contributed by atoms with Crippen LogP contribution in [0.2, 0.25) is 0 Å². The van der Waals surface area contributed by atoms with E-state index in [1.807, 2.05) is 24.4 Å². The van der Waals surface area contributed by atoms with Crippen LogP contribution in [0.15, 0.2) is 48.7 Å². The summed E-state index contributed by atoms with van der Waals surface area (Å²) in [5.41, 5.74) is 10.4. The molecule has 4 aliphatic rings. The number of aromatic hydroxyl groups is 1. The zero-order valence-electron chi connectivity index (χ0n) is 21.8. The van der Waals surface area contributed by atoms with Crippen molar-refractivity contribution in [3.05, 3.63) is 54.4 Å². The van der Waals surface area contributed by atoms with Crippen molar-refractivity contribution in [1.82, 2.24) is 20.1 Å². The minimum atomic E-state index is 0.177. The number of nitrogens with two attached hydrogens (primary N) is 1. The fourth-order valence-electron chi connectivity index (χ4n) is 7.01. The number of aliphatic hydroxyl groups is 1. The predicted octanol–water partition coefficient (Wildman–Crippen LogP) is 2.21. The Bertz CT molecular complexity index is 1430. The summed E-state index contributed by atoms with van der Waals surface area (Å²) >= 11 is 0. The van der Waals surface area contributed by atoms with Crippen LogP contribution in [0.4, 0.5) is 17.2 Å². The molecule has 5 heterocycles. The number of para-hydroxylation sites is 1. The summed E-state index contributed by atoms with van der Waals surface area (Å²) in [5.74, 6) is 9.05. The first-order valence-corrected chi connectivity index (χ1v) is 13.8. The molecule has 4 fully saturated rings. The third kappa shape index (κ3) is 4.44. The molecule has 3 aromatic rings. The molecule has 39 heavy (non-hydrogen) atoms. The first-order valence-electron chi connectivity index (χ1n) is 13.8. The van der Waals surface area contributed by atoms with Gasteiger partial charge in [-0.1, -0.05) is 18.1 Å². The van der Waals surface area contributed by atoms with Crippen molar-refractivity contribution >= 4 is 17.2 Å².